The number of amides is 1. The normalized spacial score (nSPS) is 18.3. The standard InChI is InChI=1S/C18H15N3O2/c19-9-13-5-7-14(8-6-13)10-21-11-18(12-21)20-17(22)15-3-1-2-4-16(15)23-18/h1-8H,10-12H2,(H,20,22). The third kappa shape index (κ3) is 2.43. The van der Waals surface area contributed by atoms with Gasteiger partial charge in [-0.15, -0.1) is 0 Å². The van der Waals surface area contributed by atoms with Gasteiger partial charge in [0.1, 0.15) is 5.75 Å². The van der Waals surface area contributed by atoms with Crippen molar-refractivity contribution >= 4 is 5.91 Å². The van der Waals surface area contributed by atoms with Crippen LogP contribution in [0.15, 0.2) is 48.5 Å². The first-order valence-electron chi connectivity index (χ1n) is 7.49. The number of para-hydroxylation sites is 1. The van der Waals surface area contributed by atoms with Crippen LogP contribution in [0.4, 0.5) is 0 Å². The second kappa shape index (κ2) is 5.11. The molecule has 1 N–H and O–H groups in total. The number of carbonyl (C=O) groups excluding carboxylic acids is 1. The summed E-state index contributed by atoms with van der Waals surface area (Å²) in [5.74, 6) is 0.569. The summed E-state index contributed by atoms with van der Waals surface area (Å²) >= 11 is 0. The van der Waals surface area contributed by atoms with E-state index in [0.29, 0.717) is 30.0 Å². The third-order valence-electron chi connectivity index (χ3n) is 4.23. The zero-order valence-corrected chi connectivity index (χ0v) is 12.5. The molecule has 0 saturated carbocycles. The number of likely N-dealkylation sites (tertiary alicyclic amines) is 1. The van der Waals surface area contributed by atoms with Crippen LogP contribution < -0.4 is 10.1 Å². The van der Waals surface area contributed by atoms with Gasteiger partial charge in [0, 0.05) is 6.54 Å². The summed E-state index contributed by atoms with van der Waals surface area (Å²) < 4.78 is 6.01. The summed E-state index contributed by atoms with van der Waals surface area (Å²) in [5.41, 5.74) is 1.77. The van der Waals surface area contributed by atoms with Crippen molar-refractivity contribution in [2.75, 3.05) is 13.1 Å². The second-order valence-electron chi connectivity index (χ2n) is 6.00. The van der Waals surface area contributed by atoms with Crippen LogP contribution in [0, 0.1) is 11.3 Å². The number of nitrogens with one attached hydrogen (secondary N) is 1. The number of rotatable bonds is 2. The highest BCUT2D eigenvalue weighted by Gasteiger charge is 2.49. The minimum Gasteiger partial charge on any atom is -0.464 e. The minimum absolute atomic E-state index is 0.0788. The molecule has 5 heteroatoms. The van der Waals surface area contributed by atoms with Crippen molar-refractivity contribution in [3.63, 3.8) is 0 Å². The molecule has 2 aromatic rings. The molecule has 4 rings (SSSR count). The first-order chi connectivity index (χ1) is 11.2. The van der Waals surface area contributed by atoms with Crippen molar-refractivity contribution < 1.29 is 9.53 Å². The Morgan fingerprint density at radius 3 is 2.65 bits per heavy atom. The Morgan fingerprint density at radius 1 is 1.17 bits per heavy atom. The van der Waals surface area contributed by atoms with Crippen molar-refractivity contribution in [2.24, 2.45) is 0 Å². The van der Waals surface area contributed by atoms with Gasteiger partial charge in [0.05, 0.1) is 30.3 Å². The molecule has 2 heterocycles. The molecular formula is C18H15N3O2. The zero-order valence-electron chi connectivity index (χ0n) is 12.5. The fourth-order valence-corrected chi connectivity index (χ4v) is 3.13. The molecular weight excluding hydrogens is 290 g/mol. The van der Waals surface area contributed by atoms with Gasteiger partial charge in [-0.05, 0) is 29.8 Å². The number of nitriles is 1. The van der Waals surface area contributed by atoms with E-state index in [1.165, 1.54) is 0 Å². The van der Waals surface area contributed by atoms with Crippen LogP contribution in [-0.4, -0.2) is 29.6 Å². The maximum absolute atomic E-state index is 12.2. The van der Waals surface area contributed by atoms with E-state index in [4.69, 9.17) is 10.00 Å². The van der Waals surface area contributed by atoms with E-state index in [1.54, 1.807) is 6.07 Å². The molecule has 1 fully saturated rings. The molecule has 2 aliphatic rings. The number of ether oxygens (including phenoxy) is 1. The van der Waals surface area contributed by atoms with Crippen molar-refractivity contribution in [3.8, 4) is 11.8 Å². The van der Waals surface area contributed by atoms with Gasteiger partial charge in [-0.3, -0.25) is 9.69 Å². The average molecular weight is 305 g/mol. The lowest BCUT2D eigenvalue weighted by Gasteiger charge is -2.51. The molecule has 2 aliphatic heterocycles. The molecule has 0 radical (unpaired) electrons. The fourth-order valence-electron chi connectivity index (χ4n) is 3.13. The Balaban J connectivity index is 1.43. The second-order valence-corrected chi connectivity index (χ2v) is 6.00. The lowest BCUT2D eigenvalue weighted by molar-refractivity contribution is -0.102. The molecule has 114 valence electrons. The summed E-state index contributed by atoms with van der Waals surface area (Å²) in [6.45, 7) is 2.06. The van der Waals surface area contributed by atoms with Crippen molar-refractivity contribution in [1.29, 1.82) is 5.26 Å². The Labute approximate surface area is 134 Å². The lowest BCUT2D eigenvalue weighted by atomic mass is 9.99. The molecule has 0 bridgehead atoms. The highest BCUT2D eigenvalue weighted by molar-refractivity contribution is 5.98. The molecule has 1 spiro atoms. The largest absolute Gasteiger partial charge is 0.464 e. The highest BCUT2D eigenvalue weighted by Crippen LogP contribution is 2.33. The van der Waals surface area contributed by atoms with Crippen LogP contribution in [0.1, 0.15) is 21.5 Å². The van der Waals surface area contributed by atoms with Crippen LogP contribution in [0.2, 0.25) is 0 Å². The summed E-state index contributed by atoms with van der Waals surface area (Å²) in [5, 5.41) is 11.8. The van der Waals surface area contributed by atoms with E-state index in [1.807, 2.05) is 42.5 Å². The van der Waals surface area contributed by atoms with Crippen molar-refractivity contribution in [3.05, 3.63) is 65.2 Å². The molecule has 1 amide bonds. The highest BCUT2D eigenvalue weighted by atomic mass is 16.5. The van der Waals surface area contributed by atoms with Crippen LogP contribution in [0.5, 0.6) is 5.75 Å². The van der Waals surface area contributed by atoms with E-state index in [-0.39, 0.29) is 5.91 Å². The molecule has 0 atom stereocenters. The first kappa shape index (κ1) is 13.8. The molecule has 0 aliphatic carbocycles. The molecule has 23 heavy (non-hydrogen) atoms. The van der Waals surface area contributed by atoms with E-state index in [0.717, 1.165) is 12.1 Å². The third-order valence-corrected chi connectivity index (χ3v) is 4.23. The Kier molecular flexibility index (Phi) is 3.07. The number of carbonyl (C=O) groups is 1. The van der Waals surface area contributed by atoms with E-state index in [9.17, 15) is 4.79 Å². The minimum atomic E-state index is -0.613. The maximum atomic E-state index is 12.2. The fraction of sp³-hybridized carbons (Fsp3) is 0.222. The van der Waals surface area contributed by atoms with Crippen LogP contribution in [-0.2, 0) is 6.54 Å². The monoisotopic (exact) mass is 305 g/mol. The maximum Gasteiger partial charge on any atom is 0.258 e. The van der Waals surface area contributed by atoms with Gasteiger partial charge in [-0.1, -0.05) is 24.3 Å². The number of nitrogens with zero attached hydrogens (tertiary/aromatic N) is 2. The van der Waals surface area contributed by atoms with Gasteiger partial charge in [-0.25, -0.2) is 0 Å². The van der Waals surface area contributed by atoms with Gasteiger partial charge in [-0.2, -0.15) is 5.26 Å². The first-order valence-corrected chi connectivity index (χ1v) is 7.49. The SMILES string of the molecule is N#Cc1ccc(CN2CC3(C2)NC(=O)c2ccccc2O3)cc1. The topological polar surface area (TPSA) is 65.4 Å². The van der Waals surface area contributed by atoms with Crippen molar-refractivity contribution in [2.45, 2.75) is 12.3 Å². The van der Waals surface area contributed by atoms with Crippen molar-refractivity contribution in [1.82, 2.24) is 10.2 Å². The quantitative estimate of drug-likeness (QED) is 0.920. The summed E-state index contributed by atoms with van der Waals surface area (Å²) in [6.07, 6.45) is 0. The van der Waals surface area contributed by atoms with E-state index >= 15 is 0 Å². The van der Waals surface area contributed by atoms with Crippen LogP contribution in [0.3, 0.4) is 0 Å². The summed E-state index contributed by atoms with van der Waals surface area (Å²) in [4.78, 5) is 14.4. The van der Waals surface area contributed by atoms with Crippen LogP contribution >= 0.6 is 0 Å². The number of hydrogen-bond donors (Lipinski definition) is 1. The predicted octanol–water partition coefficient (Wildman–Crippen LogP) is 1.89. The summed E-state index contributed by atoms with van der Waals surface area (Å²) in [6, 6.07) is 17.0. The Bertz CT molecular complexity index is 802. The van der Waals surface area contributed by atoms with Crippen LogP contribution in [0.25, 0.3) is 0 Å². The van der Waals surface area contributed by atoms with Gasteiger partial charge in [0.25, 0.3) is 5.91 Å². The molecule has 2 aromatic carbocycles. The smallest absolute Gasteiger partial charge is 0.258 e. The number of fused-ring (bicyclic) bond motifs is 1. The molecule has 5 nitrogen and oxygen atoms in total. The predicted molar refractivity (Wildman–Crippen MR) is 83.7 cm³/mol. The molecule has 0 unspecified atom stereocenters. The average Bonchev–Trinajstić information content (AvgIpc) is 2.54. The Morgan fingerprint density at radius 2 is 1.91 bits per heavy atom. The van der Waals surface area contributed by atoms with Gasteiger partial charge >= 0.3 is 0 Å². The zero-order chi connectivity index (χ0) is 15.9. The van der Waals surface area contributed by atoms with Gasteiger partial charge in [0.15, 0.2) is 0 Å². The molecule has 1 saturated heterocycles. The number of hydrogen-bond acceptors (Lipinski definition) is 4. The summed E-state index contributed by atoms with van der Waals surface area (Å²) in [7, 11) is 0. The van der Waals surface area contributed by atoms with Gasteiger partial charge < -0.3 is 10.1 Å². The van der Waals surface area contributed by atoms with E-state index in [2.05, 4.69) is 16.3 Å². The van der Waals surface area contributed by atoms with Gasteiger partial charge in [0.2, 0.25) is 5.72 Å². The molecule has 0 aromatic heterocycles. The van der Waals surface area contributed by atoms with E-state index < -0.39 is 5.72 Å². The number of benzene rings is 2. The lowest BCUT2D eigenvalue weighted by Crippen LogP contribution is -2.74. The Hall–Kier alpha value is -2.84.